The number of rotatable bonds is 4. The van der Waals surface area contributed by atoms with Crippen LogP contribution in [0.2, 0.25) is 0 Å². The Hall–Kier alpha value is -1.38. The van der Waals surface area contributed by atoms with Gasteiger partial charge in [0.1, 0.15) is 6.61 Å². The quantitative estimate of drug-likeness (QED) is 0.715. The van der Waals surface area contributed by atoms with Crippen LogP contribution in [-0.4, -0.2) is 38.8 Å². The summed E-state index contributed by atoms with van der Waals surface area (Å²) in [6.07, 6.45) is -3.93. The van der Waals surface area contributed by atoms with Crippen LogP contribution in [-0.2, 0) is 20.4 Å². The van der Waals surface area contributed by atoms with E-state index in [2.05, 4.69) is 6.92 Å². The Morgan fingerprint density at radius 2 is 1.78 bits per heavy atom. The molecule has 27 heavy (non-hydrogen) atoms. The van der Waals surface area contributed by atoms with Gasteiger partial charge < -0.3 is 18.9 Å². The zero-order valence-corrected chi connectivity index (χ0v) is 15.4. The highest BCUT2D eigenvalue weighted by Gasteiger charge is 2.37. The van der Waals surface area contributed by atoms with Crippen LogP contribution in [0.15, 0.2) is 12.1 Å². The second-order valence-corrected chi connectivity index (χ2v) is 7.31. The van der Waals surface area contributed by atoms with Gasteiger partial charge in [-0.1, -0.05) is 13.0 Å². The molecule has 0 spiro atoms. The molecule has 2 saturated heterocycles. The fourth-order valence-corrected chi connectivity index (χ4v) is 3.35. The van der Waals surface area contributed by atoms with E-state index in [9.17, 15) is 17.6 Å². The second-order valence-electron chi connectivity index (χ2n) is 7.31. The molecule has 2 heterocycles. The average Bonchev–Trinajstić information content (AvgIpc) is 2.61. The highest BCUT2D eigenvalue weighted by atomic mass is 19.4. The van der Waals surface area contributed by atoms with Crippen LogP contribution < -0.4 is 4.74 Å². The Morgan fingerprint density at radius 3 is 2.37 bits per heavy atom. The van der Waals surface area contributed by atoms with E-state index in [-0.39, 0.29) is 30.5 Å². The molecule has 4 nitrogen and oxygen atoms in total. The molecule has 0 N–H and O–H groups in total. The lowest BCUT2D eigenvalue weighted by atomic mass is 9.97. The Balaban J connectivity index is 1.52. The number of ether oxygens (including phenoxy) is 4. The molecule has 2 aliphatic heterocycles. The van der Waals surface area contributed by atoms with Crippen molar-refractivity contribution >= 4 is 0 Å². The van der Waals surface area contributed by atoms with Crippen molar-refractivity contribution in [2.24, 2.45) is 11.8 Å². The van der Waals surface area contributed by atoms with E-state index in [1.807, 2.05) is 0 Å². The highest BCUT2D eigenvalue weighted by Crippen LogP contribution is 2.37. The van der Waals surface area contributed by atoms with Crippen LogP contribution in [0.3, 0.4) is 0 Å². The van der Waals surface area contributed by atoms with E-state index in [1.54, 1.807) is 0 Å². The van der Waals surface area contributed by atoms with Crippen molar-refractivity contribution in [3.8, 4) is 5.75 Å². The number of alkyl halides is 3. The molecule has 0 saturated carbocycles. The Kier molecular flexibility index (Phi) is 6.28. The predicted octanol–water partition coefficient (Wildman–Crippen LogP) is 4.34. The summed E-state index contributed by atoms with van der Waals surface area (Å²) >= 11 is 0. The van der Waals surface area contributed by atoms with Gasteiger partial charge in [0, 0.05) is 11.8 Å². The monoisotopic (exact) mass is 392 g/mol. The van der Waals surface area contributed by atoms with Gasteiger partial charge in [-0.2, -0.15) is 13.2 Å². The van der Waals surface area contributed by atoms with Crippen molar-refractivity contribution in [2.75, 3.05) is 26.4 Å². The average molecular weight is 392 g/mol. The molecule has 0 radical (unpaired) electrons. The molecule has 1 unspecified atom stereocenters. The lowest BCUT2D eigenvalue weighted by Gasteiger charge is -2.36. The molecule has 8 heteroatoms. The maximum atomic E-state index is 14.2. The first kappa shape index (κ1) is 20.4. The molecule has 3 rings (SSSR count). The van der Waals surface area contributed by atoms with Crippen LogP contribution in [0, 0.1) is 24.6 Å². The van der Waals surface area contributed by atoms with Crippen molar-refractivity contribution in [1.29, 1.82) is 0 Å². The smallest absolute Gasteiger partial charge is 0.419 e. The summed E-state index contributed by atoms with van der Waals surface area (Å²) < 4.78 is 75.5. The number of hydrogen-bond acceptors (Lipinski definition) is 4. The molecule has 2 aliphatic rings. The summed E-state index contributed by atoms with van der Waals surface area (Å²) in [6, 6.07) is 2.42. The van der Waals surface area contributed by atoms with Gasteiger partial charge in [-0.25, -0.2) is 4.39 Å². The second kappa shape index (κ2) is 8.32. The molecule has 0 aromatic heterocycles. The van der Waals surface area contributed by atoms with Gasteiger partial charge in [0.25, 0.3) is 0 Å². The van der Waals surface area contributed by atoms with Gasteiger partial charge in [0.05, 0.1) is 31.5 Å². The van der Waals surface area contributed by atoms with Gasteiger partial charge in [-0.05, 0) is 31.4 Å². The molecule has 0 aliphatic carbocycles. The van der Waals surface area contributed by atoms with E-state index >= 15 is 0 Å². The van der Waals surface area contributed by atoms with Crippen molar-refractivity contribution < 1.29 is 36.5 Å². The normalized spacial score (nSPS) is 29.6. The van der Waals surface area contributed by atoms with Crippen molar-refractivity contribution in [1.82, 2.24) is 0 Å². The standard InChI is InChI=1S/C19H24F4O4/c1-11-7-26-18(27-8-11)13-4-5-14(24-9-13)10-25-15-6-3-12(2)16(17(15)20)19(21,22)23/h3,6,11,13-14,18H,4-5,7-10H2,1-2H3/t11?,13?,14-,18?/m0/s1. The van der Waals surface area contributed by atoms with Crippen LogP contribution in [0.5, 0.6) is 5.75 Å². The number of benzene rings is 1. The lowest BCUT2D eigenvalue weighted by molar-refractivity contribution is -0.239. The van der Waals surface area contributed by atoms with Crippen molar-refractivity contribution in [3.63, 3.8) is 0 Å². The highest BCUT2D eigenvalue weighted by molar-refractivity contribution is 5.38. The third-order valence-electron chi connectivity index (χ3n) is 4.90. The van der Waals surface area contributed by atoms with Gasteiger partial charge in [0.2, 0.25) is 0 Å². The fraction of sp³-hybridized carbons (Fsp3) is 0.684. The molecule has 1 aromatic carbocycles. The minimum absolute atomic E-state index is 0.00653. The maximum absolute atomic E-state index is 14.2. The van der Waals surface area contributed by atoms with Crippen molar-refractivity contribution in [2.45, 2.75) is 45.3 Å². The summed E-state index contributed by atoms with van der Waals surface area (Å²) in [4.78, 5) is 0. The molecule has 0 bridgehead atoms. The topological polar surface area (TPSA) is 36.9 Å². The third-order valence-corrected chi connectivity index (χ3v) is 4.90. The van der Waals surface area contributed by atoms with E-state index in [0.29, 0.717) is 32.2 Å². The molecule has 2 fully saturated rings. The van der Waals surface area contributed by atoms with E-state index < -0.39 is 23.3 Å². The minimum atomic E-state index is -4.76. The largest absolute Gasteiger partial charge is 0.488 e. The molecule has 1 aromatic rings. The SMILES string of the molecule is Cc1ccc(OC[C@@H]2CCC(C3OCC(C)CO3)CO2)c(F)c1C(F)(F)F. The fourth-order valence-electron chi connectivity index (χ4n) is 3.35. The van der Waals surface area contributed by atoms with E-state index in [0.717, 1.165) is 6.42 Å². The van der Waals surface area contributed by atoms with Crippen LogP contribution >= 0.6 is 0 Å². The summed E-state index contributed by atoms with van der Waals surface area (Å²) in [6.45, 7) is 4.99. The zero-order chi connectivity index (χ0) is 19.6. The molecular formula is C19H24F4O4. The summed E-state index contributed by atoms with van der Waals surface area (Å²) in [5.41, 5.74) is -1.46. The van der Waals surface area contributed by atoms with Crippen molar-refractivity contribution in [3.05, 3.63) is 29.1 Å². The Labute approximate surface area is 155 Å². The third kappa shape index (κ3) is 4.92. The minimum Gasteiger partial charge on any atom is -0.488 e. The lowest BCUT2D eigenvalue weighted by Crippen LogP contribution is -2.42. The first-order chi connectivity index (χ1) is 12.8. The number of hydrogen-bond donors (Lipinski definition) is 0. The van der Waals surface area contributed by atoms with Gasteiger partial charge in [-0.15, -0.1) is 0 Å². The van der Waals surface area contributed by atoms with Gasteiger partial charge in [0.15, 0.2) is 17.9 Å². The van der Waals surface area contributed by atoms with Gasteiger partial charge >= 0.3 is 6.18 Å². The summed E-state index contributed by atoms with van der Waals surface area (Å²) in [5, 5.41) is 0. The maximum Gasteiger partial charge on any atom is 0.419 e. The van der Waals surface area contributed by atoms with E-state index in [4.69, 9.17) is 18.9 Å². The Bertz CT molecular complexity index is 633. The summed E-state index contributed by atoms with van der Waals surface area (Å²) in [5.74, 6) is -1.31. The summed E-state index contributed by atoms with van der Waals surface area (Å²) in [7, 11) is 0. The zero-order valence-electron chi connectivity index (χ0n) is 15.4. The molecule has 2 atom stereocenters. The predicted molar refractivity (Wildman–Crippen MR) is 89.0 cm³/mol. The number of aryl methyl sites for hydroxylation is 1. The van der Waals surface area contributed by atoms with Crippen LogP contribution in [0.4, 0.5) is 17.6 Å². The number of halogens is 4. The molecule has 152 valence electrons. The molecule has 0 amide bonds. The van der Waals surface area contributed by atoms with Crippen LogP contribution in [0.25, 0.3) is 0 Å². The first-order valence-electron chi connectivity index (χ1n) is 9.09. The van der Waals surface area contributed by atoms with E-state index in [1.165, 1.54) is 19.1 Å². The van der Waals surface area contributed by atoms with Crippen LogP contribution in [0.1, 0.15) is 30.9 Å². The first-order valence-corrected chi connectivity index (χ1v) is 9.09. The van der Waals surface area contributed by atoms with Gasteiger partial charge in [-0.3, -0.25) is 0 Å². The Morgan fingerprint density at radius 1 is 1.07 bits per heavy atom. The molecular weight excluding hydrogens is 368 g/mol.